The first-order chi connectivity index (χ1) is 17.2. The Balaban J connectivity index is 1.50. The number of thiophene rings is 1. The Labute approximate surface area is 203 Å². The molecule has 0 radical (unpaired) electrons. The maximum absolute atomic E-state index is 11.0. The van der Waals surface area contributed by atoms with Gasteiger partial charge in [-0.05, 0) is 24.1 Å². The third-order valence-corrected chi connectivity index (χ3v) is 5.66. The second-order valence-corrected chi connectivity index (χ2v) is 7.89. The van der Waals surface area contributed by atoms with Crippen LogP contribution in [0.15, 0.2) is 54.2 Å². The van der Waals surface area contributed by atoms with E-state index in [1.165, 1.54) is 23.6 Å². The minimum absolute atomic E-state index is 0.254. The van der Waals surface area contributed by atoms with Gasteiger partial charge in [-0.1, -0.05) is 5.92 Å². The van der Waals surface area contributed by atoms with E-state index in [0.29, 0.717) is 71.7 Å². The lowest BCUT2D eigenvalue weighted by Gasteiger charge is -2.14. The van der Waals surface area contributed by atoms with Crippen LogP contribution in [-0.2, 0) is 9.59 Å². The summed E-state index contributed by atoms with van der Waals surface area (Å²) in [4.78, 5) is 35.7. The van der Waals surface area contributed by atoms with Gasteiger partial charge < -0.3 is 18.9 Å². The summed E-state index contributed by atoms with van der Waals surface area (Å²) in [7, 11) is 0. The van der Waals surface area contributed by atoms with Gasteiger partial charge in [0.25, 0.3) is 12.9 Å². The number of pyridine rings is 3. The molecule has 35 heavy (non-hydrogen) atoms. The number of carbonyl (C=O) groups excluding carboxylic acids is 2. The van der Waals surface area contributed by atoms with Crippen molar-refractivity contribution < 1.29 is 28.5 Å². The molecule has 0 amide bonds. The van der Waals surface area contributed by atoms with Gasteiger partial charge in [-0.15, -0.1) is 11.3 Å². The van der Waals surface area contributed by atoms with Crippen LogP contribution in [0.1, 0.15) is 10.4 Å². The monoisotopic (exact) mass is 485 g/mol. The third-order valence-electron chi connectivity index (χ3n) is 4.80. The fraction of sp³-hybridized carbons (Fsp3) is 0.0800. The summed E-state index contributed by atoms with van der Waals surface area (Å²) in [5, 5.41) is 1.88. The SMILES string of the molecule is O=COc1ccnc(-c2cc(OC=O)cc(-c3cc(C#Cc4scc5c4OCCO5)ccn3)n2)c1. The second-order valence-electron chi connectivity index (χ2n) is 7.01. The number of hydrogen-bond donors (Lipinski definition) is 0. The normalized spacial score (nSPS) is 11.7. The third kappa shape index (κ3) is 4.95. The fourth-order valence-electron chi connectivity index (χ4n) is 3.30. The molecule has 172 valence electrons. The molecule has 0 N–H and O–H groups in total. The molecule has 1 aliphatic rings. The van der Waals surface area contributed by atoms with Gasteiger partial charge in [-0.2, -0.15) is 0 Å². The Morgan fingerprint density at radius 2 is 1.51 bits per heavy atom. The fourth-order valence-corrected chi connectivity index (χ4v) is 4.07. The molecule has 0 spiro atoms. The zero-order chi connectivity index (χ0) is 24.0. The molecule has 0 atom stereocenters. The van der Waals surface area contributed by atoms with Crippen molar-refractivity contribution >= 4 is 24.3 Å². The minimum Gasteiger partial charge on any atom is -0.485 e. The zero-order valence-corrected chi connectivity index (χ0v) is 18.8. The van der Waals surface area contributed by atoms with Crippen LogP contribution in [0.5, 0.6) is 23.0 Å². The molecule has 0 aliphatic carbocycles. The van der Waals surface area contributed by atoms with E-state index in [1.807, 2.05) is 5.38 Å². The molecule has 10 heteroatoms. The van der Waals surface area contributed by atoms with Crippen molar-refractivity contribution in [2.24, 2.45) is 0 Å². The summed E-state index contributed by atoms with van der Waals surface area (Å²) in [6, 6.07) is 9.79. The first-order valence-electron chi connectivity index (χ1n) is 10.3. The molecule has 0 fully saturated rings. The van der Waals surface area contributed by atoms with Crippen molar-refractivity contribution in [2.75, 3.05) is 13.2 Å². The minimum atomic E-state index is 0.254. The lowest BCUT2D eigenvalue weighted by molar-refractivity contribution is -0.121. The standard InChI is InChI=1S/C25H15N3O6S/c29-14-33-17-4-6-27-20(10-17)22-12-18(34-15-30)11-21(28-22)19-9-16(3-5-26-19)1-2-24-25-23(13-35-24)31-7-8-32-25/h3-6,9-15H,7-8H2. The average molecular weight is 485 g/mol. The molecule has 4 aromatic rings. The number of carbonyl (C=O) groups is 2. The quantitative estimate of drug-likeness (QED) is 0.299. The Morgan fingerprint density at radius 3 is 2.31 bits per heavy atom. The van der Waals surface area contributed by atoms with Crippen molar-refractivity contribution in [3.63, 3.8) is 0 Å². The highest BCUT2D eigenvalue weighted by Gasteiger charge is 2.17. The van der Waals surface area contributed by atoms with Crippen LogP contribution in [0.2, 0.25) is 0 Å². The van der Waals surface area contributed by atoms with Crippen molar-refractivity contribution in [1.29, 1.82) is 0 Å². The lowest BCUT2D eigenvalue weighted by atomic mass is 10.1. The highest BCUT2D eigenvalue weighted by Crippen LogP contribution is 2.38. The molecule has 0 saturated heterocycles. The lowest BCUT2D eigenvalue weighted by Crippen LogP contribution is -2.14. The summed E-state index contributed by atoms with van der Waals surface area (Å²) < 4.78 is 21.2. The van der Waals surface area contributed by atoms with E-state index in [-0.39, 0.29) is 5.75 Å². The molecule has 0 aromatic carbocycles. The van der Waals surface area contributed by atoms with Crippen LogP contribution in [0.3, 0.4) is 0 Å². The number of nitrogens with zero attached hydrogens (tertiary/aromatic N) is 3. The van der Waals surface area contributed by atoms with Gasteiger partial charge in [0.1, 0.15) is 29.6 Å². The van der Waals surface area contributed by atoms with Gasteiger partial charge in [0.05, 0.1) is 22.8 Å². The number of aromatic nitrogens is 3. The molecule has 5 rings (SSSR count). The van der Waals surface area contributed by atoms with E-state index < -0.39 is 0 Å². The second kappa shape index (κ2) is 10.0. The van der Waals surface area contributed by atoms with Crippen molar-refractivity contribution in [3.05, 3.63) is 64.6 Å². The van der Waals surface area contributed by atoms with E-state index in [0.717, 1.165) is 4.88 Å². The summed E-state index contributed by atoms with van der Waals surface area (Å²) in [6.07, 6.45) is 3.10. The number of ether oxygens (including phenoxy) is 4. The zero-order valence-electron chi connectivity index (χ0n) is 18.0. The largest absolute Gasteiger partial charge is 0.485 e. The van der Waals surface area contributed by atoms with Gasteiger partial charge in [0.2, 0.25) is 0 Å². The van der Waals surface area contributed by atoms with E-state index in [1.54, 1.807) is 36.5 Å². The molecular formula is C25H15N3O6S. The average Bonchev–Trinajstić information content (AvgIpc) is 3.31. The van der Waals surface area contributed by atoms with Gasteiger partial charge in [-0.3, -0.25) is 19.6 Å². The van der Waals surface area contributed by atoms with E-state index in [2.05, 4.69) is 26.8 Å². The molecular weight excluding hydrogens is 470 g/mol. The van der Waals surface area contributed by atoms with E-state index in [9.17, 15) is 9.59 Å². The Bertz CT molecular complexity index is 1470. The molecule has 0 bridgehead atoms. The number of fused-ring (bicyclic) bond motifs is 1. The highest BCUT2D eigenvalue weighted by atomic mass is 32.1. The highest BCUT2D eigenvalue weighted by molar-refractivity contribution is 7.11. The summed E-state index contributed by atoms with van der Waals surface area (Å²) >= 11 is 1.46. The molecule has 4 aromatic heterocycles. The topological polar surface area (TPSA) is 110 Å². The maximum atomic E-state index is 11.0. The molecule has 0 saturated carbocycles. The van der Waals surface area contributed by atoms with E-state index in [4.69, 9.17) is 18.9 Å². The smallest absolute Gasteiger partial charge is 0.298 e. The number of rotatable bonds is 6. The maximum Gasteiger partial charge on any atom is 0.298 e. The van der Waals surface area contributed by atoms with Gasteiger partial charge in [0, 0.05) is 41.5 Å². The van der Waals surface area contributed by atoms with Crippen LogP contribution in [0, 0.1) is 11.8 Å². The Kier molecular flexibility index (Phi) is 6.32. The molecule has 1 aliphatic heterocycles. The van der Waals surface area contributed by atoms with Crippen LogP contribution in [0.4, 0.5) is 0 Å². The van der Waals surface area contributed by atoms with Crippen LogP contribution in [0.25, 0.3) is 22.8 Å². The van der Waals surface area contributed by atoms with Crippen molar-refractivity contribution in [1.82, 2.24) is 15.0 Å². The Hall–Kier alpha value is -4.75. The summed E-state index contributed by atoms with van der Waals surface area (Å²) in [6.45, 7) is 1.66. The van der Waals surface area contributed by atoms with Crippen LogP contribution in [-0.4, -0.2) is 41.1 Å². The van der Waals surface area contributed by atoms with Crippen LogP contribution >= 0.6 is 11.3 Å². The van der Waals surface area contributed by atoms with E-state index >= 15 is 0 Å². The summed E-state index contributed by atoms with van der Waals surface area (Å²) in [5.41, 5.74) is 2.48. The van der Waals surface area contributed by atoms with Gasteiger partial charge >= 0.3 is 0 Å². The molecule has 0 unspecified atom stereocenters. The number of hydrogen-bond acceptors (Lipinski definition) is 10. The first-order valence-corrected chi connectivity index (χ1v) is 11.2. The summed E-state index contributed by atoms with van der Waals surface area (Å²) in [5.74, 6) is 8.18. The van der Waals surface area contributed by atoms with Crippen molar-refractivity contribution in [3.8, 4) is 57.6 Å². The predicted molar refractivity (Wildman–Crippen MR) is 125 cm³/mol. The first kappa shape index (κ1) is 22.1. The van der Waals surface area contributed by atoms with Crippen molar-refractivity contribution in [2.45, 2.75) is 0 Å². The Morgan fingerprint density at radius 1 is 0.829 bits per heavy atom. The predicted octanol–water partition coefficient (Wildman–Crippen LogP) is 3.51. The molecule has 5 heterocycles. The molecule has 9 nitrogen and oxygen atoms in total. The van der Waals surface area contributed by atoms with Crippen LogP contribution < -0.4 is 18.9 Å². The van der Waals surface area contributed by atoms with Gasteiger partial charge in [-0.25, -0.2) is 4.98 Å². The van der Waals surface area contributed by atoms with Gasteiger partial charge in [0.15, 0.2) is 11.5 Å².